The molecule has 0 aromatic heterocycles. The summed E-state index contributed by atoms with van der Waals surface area (Å²) in [6.45, 7) is 2.09. The monoisotopic (exact) mass is 188 g/mol. The van der Waals surface area contributed by atoms with E-state index in [9.17, 15) is 5.11 Å². The lowest BCUT2D eigenvalue weighted by atomic mass is 9.99. The minimum atomic E-state index is -0.943. The Hall–Kier alpha value is -0.130. The third-order valence-electron chi connectivity index (χ3n) is 2.05. The highest BCUT2D eigenvalue weighted by molar-refractivity contribution is 7.09. The molecule has 4 unspecified atom stereocenters. The Balaban J connectivity index is 2.73. The van der Waals surface area contributed by atoms with Crippen molar-refractivity contribution in [1.29, 1.82) is 0 Å². The van der Waals surface area contributed by atoms with Crippen molar-refractivity contribution in [2.45, 2.75) is 31.2 Å². The summed E-state index contributed by atoms with van der Waals surface area (Å²) in [6, 6.07) is 0. The van der Waals surface area contributed by atoms with Crippen LogP contribution in [0, 0.1) is 12.3 Å². The van der Waals surface area contributed by atoms with Gasteiger partial charge < -0.3 is 14.4 Å². The summed E-state index contributed by atoms with van der Waals surface area (Å²) >= 11 is 0. The molecular formula is C8H13O3P. The van der Waals surface area contributed by atoms with Crippen LogP contribution in [-0.4, -0.2) is 29.5 Å². The van der Waals surface area contributed by atoms with Crippen molar-refractivity contribution in [3.05, 3.63) is 0 Å². The van der Waals surface area contributed by atoms with E-state index in [1.54, 1.807) is 0 Å². The van der Waals surface area contributed by atoms with Gasteiger partial charge in [-0.2, -0.15) is 0 Å². The first-order valence-corrected chi connectivity index (χ1v) is 4.27. The largest absolute Gasteiger partial charge is 0.389 e. The zero-order chi connectivity index (χ0) is 9.19. The topological polar surface area (TPSA) is 38.7 Å². The molecule has 4 heteroatoms. The predicted molar refractivity (Wildman–Crippen MR) is 48.4 cm³/mol. The lowest BCUT2D eigenvalue weighted by Crippen LogP contribution is -2.41. The van der Waals surface area contributed by atoms with Gasteiger partial charge in [0.05, 0.1) is 18.8 Å². The minimum Gasteiger partial charge on any atom is -0.389 e. The van der Waals surface area contributed by atoms with Crippen LogP contribution in [0.15, 0.2) is 0 Å². The SMILES string of the molecule is C#CC1(COP)OC(C)CC1O. The molecule has 4 atom stereocenters. The van der Waals surface area contributed by atoms with Crippen molar-refractivity contribution in [1.82, 2.24) is 0 Å². The molecule has 1 fully saturated rings. The molecule has 1 aliphatic heterocycles. The minimum absolute atomic E-state index is 0.00352. The van der Waals surface area contributed by atoms with Gasteiger partial charge >= 0.3 is 0 Å². The summed E-state index contributed by atoms with van der Waals surface area (Å²) in [5.74, 6) is 2.45. The molecule has 68 valence electrons. The third-order valence-corrected chi connectivity index (χ3v) is 2.21. The quantitative estimate of drug-likeness (QED) is 0.501. The van der Waals surface area contributed by atoms with Gasteiger partial charge in [-0.1, -0.05) is 5.92 Å². The highest BCUT2D eigenvalue weighted by Gasteiger charge is 2.45. The van der Waals surface area contributed by atoms with E-state index >= 15 is 0 Å². The smallest absolute Gasteiger partial charge is 0.177 e. The van der Waals surface area contributed by atoms with E-state index < -0.39 is 11.7 Å². The number of terminal acetylenes is 1. The van der Waals surface area contributed by atoms with Crippen LogP contribution >= 0.6 is 9.47 Å². The Morgan fingerprint density at radius 2 is 2.58 bits per heavy atom. The average Bonchev–Trinajstić information content (AvgIpc) is 2.28. The number of aliphatic hydroxyl groups is 1. The highest BCUT2D eigenvalue weighted by atomic mass is 31.0. The fraction of sp³-hybridized carbons (Fsp3) is 0.750. The van der Waals surface area contributed by atoms with Crippen molar-refractivity contribution in [3.8, 4) is 12.3 Å². The molecule has 1 saturated heterocycles. The summed E-state index contributed by atoms with van der Waals surface area (Å²) in [6.07, 6.45) is 5.22. The Morgan fingerprint density at radius 3 is 2.92 bits per heavy atom. The lowest BCUT2D eigenvalue weighted by Gasteiger charge is -2.24. The Bertz CT molecular complexity index is 201. The Morgan fingerprint density at radius 1 is 1.92 bits per heavy atom. The van der Waals surface area contributed by atoms with Crippen LogP contribution in [0.2, 0.25) is 0 Å². The van der Waals surface area contributed by atoms with Crippen molar-refractivity contribution in [2.24, 2.45) is 0 Å². The molecule has 12 heavy (non-hydrogen) atoms. The van der Waals surface area contributed by atoms with Crippen LogP contribution in [0.4, 0.5) is 0 Å². The van der Waals surface area contributed by atoms with Gasteiger partial charge in [0.1, 0.15) is 0 Å². The van der Waals surface area contributed by atoms with Crippen LogP contribution in [0.3, 0.4) is 0 Å². The predicted octanol–water partition coefficient (Wildman–Crippen LogP) is 0.335. The second kappa shape index (κ2) is 3.72. The van der Waals surface area contributed by atoms with Crippen molar-refractivity contribution >= 4 is 9.47 Å². The van der Waals surface area contributed by atoms with Gasteiger partial charge in [-0.05, 0) is 6.92 Å². The summed E-state index contributed by atoms with van der Waals surface area (Å²) < 4.78 is 10.3. The first-order valence-electron chi connectivity index (χ1n) is 3.80. The van der Waals surface area contributed by atoms with Crippen molar-refractivity contribution in [3.63, 3.8) is 0 Å². The van der Waals surface area contributed by atoms with Crippen LogP contribution in [0.1, 0.15) is 13.3 Å². The molecule has 0 aromatic carbocycles. The molecule has 0 bridgehead atoms. The third kappa shape index (κ3) is 1.62. The number of aliphatic hydroxyl groups excluding tert-OH is 1. The maximum absolute atomic E-state index is 9.58. The molecule has 0 aliphatic carbocycles. The zero-order valence-corrected chi connectivity index (χ0v) is 8.14. The normalized spacial score (nSPS) is 41.2. The molecule has 0 spiro atoms. The van der Waals surface area contributed by atoms with E-state index in [0.717, 1.165) is 0 Å². The number of hydrogen-bond donors (Lipinski definition) is 1. The van der Waals surface area contributed by atoms with Crippen LogP contribution in [0.5, 0.6) is 0 Å². The average molecular weight is 188 g/mol. The van der Waals surface area contributed by atoms with Crippen LogP contribution in [-0.2, 0) is 9.26 Å². The first kappa shape index (κ1) is 9.95. The highest BCUT2D eigenvalue weighted by Crippen LogP contribution is 2.30. The fourth-order valence-electron chi connectivity index (χ4n) is 1.42. The molecule has 1 heterocycles. The van der Waals surface area contributed by atoms with Gasteiger partial charge in [-0.25, -0.2) is 0 Å². The zero-order valence-electron chi connectivity index (χ0n) is 6.99. The van der Waals surface area contributed by atoms with E-state index in [0.29, 0.717) is 6.42 Å². The number of hydrogen-bond acceptors (Lipinski definition) is 3. The molecule has 0 saturated carbocycles. The number of rotatable bonds is 2. The fourth-order valence-corrected chi connectivity index (χ4v) is 1.66. The molecule has 0 aromatic rings. The summed E-state index contributed by atoms with van der Waals surface area (Å²) in [5, 5.41) is 9.58. The van der Waals surface area contributed by atoms with Crippen LogP contribution in [0.25, 0.3) is 0 Å². The van der Waals surface area contributed by atoms with Gasteiger partial charge in [0, 0.05) is 15.9 Å². The van der Waals surface area contributed by atoms with E-state index in [4.69, 9.17) is 15.7 Å². The Labute approximate surface area is 74.7 Å². The molecule has 1 aliphatic rings. The van der Waals surface area contributed by atoms with E-state index in [1.807, 2.05) is 6.92 Å². The summed E-state index contributed by atoms with van der Waals surface area (Å²) in [4.78, 5) is 0. The van der Waals surface area contributed by atoms with Crippen LogP contribution < -0.4 is 0 Å². The molecule has 1 rings (SSSR count). The molecule has 0 radical (unpaired) electrons. The van der Waals surface area contributed by atoms with Gasteiger partial charge in [0.15, 0.2) is 5.60 Å². The van der Waals surface area contributed by atoms with Gasteiger partial charge in [0.2, 0.25) is 0 Å². The van der Waals surface area contributed by atoms with E-state index in [-0.39, 0.29) is 12.7 Å². The second-order valence-electron chi connectivity index (χ2n) is 3.02. The first-order chi connectivity index (χ1) is 5.64. The molecule has 0 amide bonds. The maximum atomic E-state index is 9.58. The lowest BCUT2D eigenvalue weighted by molar-refractivity contribution is -0.0580. The summed E-state index contributed by atoms with van der Waals surface area (Å²) in [5.41, 5.74) is -0.943. The van der Waals surface area contributed by atoms with Gasteiger partial charge in [-0.3, -0.25) is 0 Å². The summed E-state index contributed by atoms with van der Waals surface area (Å²) in [7, 11) is 2.10. The molecule has 3 nitrogen and oxygen atoms in total. The van der Waals surface area contributed by atoms with Gasteiger partial charge in [0.25, 0.3) is 0 Å². The number of ether oxygens (including phenoxy) is 1. The van der Waals surface area contributed by atoms with Crippen molar-refractivity contribution < 1.29 is 14.4 Å². The Kier molecular flexibility index (Phi) is 3.09. The molecular weight excluding hydrogens is 175 g/mol. The maximum Gasteiger partial charge on any atom is 0.177 e. The van der Waals surface area contributed by atoms with E-state index in [1.165, 1.54) is 0 Å². The van der Waals surface area contributed by atoms with Gasteiger partial charge in [-0.15, -0.1) is 6.42 Å². The second-order valence-corrected chi connectivity index (χ2v) is 3.36. The molecule has 1 N–H and O–H groups in total. The standard InChI is InChI=1S/C8H13O3P/c1-3-8(5-10-12)7(9)4-6(2)11-8/h1,6-7,9H,4-5,12H2,2H3. The van der Waals surface area contributed by atoms with E-state index in [2.05, 4.69) is 15.4 Å². The van der Waals surface area contributed by atoms with Crippen molar-refractivity contribution in [2.75, 3.05) is 6.61 Å².